The zero-order chi connectivity index (χ0) is 16.8. The van der Waals surface area contributed by atoms with Crippen molar-refractivity contribution in [2.45, 2.75) is 25.9 Å². The van der Waals surface area contributed by atoms with Crippen LogP contribution in [0.25, 0.3) is 0 Å². The number of aliphatic hydroxyl groups excluding tert-OH is 1. The first-order valence-electron chi connectivity index (χ1n) is 7.50. The second-order valence-electron chi connectivity index (χ2n) is 5.53. The van der Waals surface area contributed by atoms with Gasteiger partial charge in [-0.1, -0.05) is 13.8 Å². The first-order valence-corrected chi connectivity index (χ1v) is 7.50. The molecule has 0 bridgehead atoms. The highest BCUT2D eigenvalue weighted by Crippen LogP contribution is 2.26. The van der Waals surface area contributed by atoms with Crippen LogP contribution in [0.5, 0.6) is 11.5 Å². The van der Waals surface area contributed by atoms with Gasteiger partial charge in [0.1, 0.15) is 23.6 Å². The van der Waals surface area contributed by atoms with Gasteiger partial charge in [-0.25, -0.2) is 9.97 Å². The zero-order valence-electron chi connectivity index (χ0n) is 13.9. The van der Waals surface area contributed by atoms with E-state index in [2.05, 4.69) is 29.1 Å². The monoisotopic (exact) mass is 317 g/mol. The van der Waals surface area contributed by atoms with E-state index in [1.54, 1.807) is 32.4 Å². The number of anilines is 1. The summed E-state index contributed by atoms with van der Waals surface area (Å²) in [6, 6.07) is 7.23. The third kappa shape index (κ3) is 4.56. The summed E-state index contributed by atoms with van der Waals surface area (Å²) in [4.78, 5) is 8.40. The van der Waals surface area contributed by atoms with Crippen LogP contribution in [0.15, 0.2) is 30.6 Å². The van der Waals surface area contributed by atoms with Gasteiger partial charge in [-0.2, -0.15) is 0 Å². The van der Waals surface area contributed by atoms with E-state index in [4.69, 9.17) is 9.47 Å². The number of rotatable bonds is 7. The van der Waals surface area contributed by atoms with E-state index in [0.717, 1.165) is 5.69 Å². The number of nitrogens with one attached hydrogen (secondary N) is 1. The summed E-state index contributed by atoms with van der Waals surface area (Å²) in [6.45, 7) is 4.47. The lowest BCUT2D eigenvalue weighted by Gasteiger charge is -2.15. The molecule has 1 aromatic heterocycles. The van der Waals surface area contributed by atoms with E-state index in [-0.39, 0.29) is 0 Å². The fraction of sp³-hybridized carbons (Fsp3) is 0.412. The van der Waals surface area contributed by atoms with Crippen molar-refractivity contribution in [3.8, 4) is 11.5 Å². The molecule has 1 heterocycles. The van der Waals surface area contributed by atoms with Crippen molar-refractivity contribution >= 4 is 5.82 Å². The Bertz CT molecular complexity index is 624. The number of nitrogens with zero attached hydrogens (tertiary/aromatic N) is 2. The minimum Gasteiger partial charge on any atom is -0.497 e. The topological polar surface area (TPSA) is 76.5 Å². The fourth-order valence-electron chi connectivity index (χ4n) is 2.13. The molecule has 124 valence electrons. The smallest absolute Gasteiger partial charge is 0.129 e. The molecule has 0 saturated heterocycles. The molecule has 1 aromatic carbocycles. The second-order valence-corrected chi connectivity index (χ2v) is 5.53. The molecule has 0 amide bonds. The van der Waals surface area contributed by atoms with Gasteiger partial charge in [0.2, 0.25) is 0 Å². The second kappa shape index (κ2) is 7.78. The van der Waals surface area contributed by atoms with Gasteiger partial charge in [-0.15, -0.1) is 0 Å². The van der Waals surface area contributed by atoms with Crippen LogP contribution in [0.4, 0.5) is 5.82 Å². The van der Waals surface area contributed by atoms with E-state index in [0.29, 0.717) is 35.3 Å². The molecule has 1 atom stereocenters. The van der Waals surface area contributed by atoms with Crippen molar-refractivity contribution in [1.29, 1.82) is 0 Å². The van der Waals surface area contributed by atoms with Crippen molar-refractivity contribution in [2.24, 2.45) is 0 Å². The average Bonchev–Trinajstić information content (AvgIpc) is 2.59. The largest absolute Gasteiger partial charge is 0.497 e. The van der Waals surface area contributed by atoms with Gasteiger partial charge in [-0.05, 0) is 23.6 Å². The van der Waals surface area contributed by atoms with E-state index >= 15 is 0 Å². The molecular formula is C17H23N3O3. The minimum atomic E-state index is -0.712. The third-order valence-electron chi connectivity index (χ3n) is 3.51. The molecule has 0 aliphatic heterocycles. The Labute approximate surface area is 136 Å². The van der Waals surface area contributed by atoms with Crippen LogP contribution in [0, 0.1) is 0 Å². The average molecular weight is 317 g/mol. The normalized spacial score (nSPS) is 12.1. The number of hydrogen-bond acceptors (Lipinski definition) is 6. The number of ether oxygens (including phenoxy) is 2. The summed E-state index contributed by atoms with van der Waals surface area (Å²) in [6.07, 6.45) is 0.815. The molecule has 6 heteroatoms. The Hall–Kier alpha value is -2.34. The molecule has 0 saturated carbocycles. The first kappa shape index (κ1) is 17.0. The molecule has 6 nitrogen and oxygen atoms in total. The lowest BCUT2D eigenvalue weighted by atomic mass is 10.1. The highest BCUT2D eigenvalue weighted by atomic mass is 16.5. The van der Waals surface area contributed by atoms with Gasteiger partial charge in [0, 0.05) is 24.4 Å². The molecule has 0 fully saturated rings. The van der Waals surface area contributed by atoms with Gasteiger partial charge in [-0.3, -0.25) is 0 Å². The third-order valence-corrected chi connectivity index (χ3v) is 3.51. The van der Waals surface area contributed by atoms with Gasteiger partial charge in [0.15, 0.2) is 0 Å². The molecule has 23 heavy (non-hydrogen) atoms. The molecule has 0 spiro atoms. The van der Waals surface area contributed by atoms with Crippen LogP contribution in [0.2, 0.25) is 0 Å². The summed E-state index contributed by atoms with van der Waals surface area (Å²) in [5.74, 6) is 2.30. The van der Waals surface area contributed by atoms with Crippen LogP contribution in [0.1, 0.15) is 37.1 Å². The zero-order valence-corrected chi connectivity index (χ0v) is 13.9. The maximum absolute atomic E-state index is 10.4. The number of benzene rings is 1. The Morgan fingerprint density at radius 1 is 1.04 bits per heavy atom. The summed E-state index contributed by atoms with van der Waals surface area (Å²) < 4.78 is 10.4. The first-order chi connectivity index (χ1) is 11.0. The fourth-order valence-corrected chi connectivity index (χ4v) is 2.13. The van der Waals surface area contributed by atoms with Crippen molar-refractivity contribution in [1.82, 2.24) is 9.97 Å². The van der Waals surface area contributed by atoms with Crippen molar-refractivity contribution in [3.05, 3.63) is 41.9 Å². The predicted molar refractivity (Wildman–Crippen MR) is 89.1 cm³/mol. The summed E-state index contributed by atoms with van der Waals surface area (Å²) >= 11 is 0. The summed E-state index contributed by atoms with van der Waals surface area (Å²) in [5, 5.41) is 13.5. The molecule has 0 aliphatic rings. The Morgan fingerprint density at radius 3 is 2.26 bits per heavy atom. The molecule has 2 N–H and O–H groups in total. The predicted octanol–water partition coefficient (Wildman–Crippen LogP) is 2.76. The maximum atomic E-state index is 10.4. The number of aromatic nitrogens is 2. The Balaban J connectivity index is 2.07. The van der Waals surface area contributed by atoms with Crippen LogP contribution in [-0.2, 0) is 0 Å². The molecule has 0 radical (unpaired) electrons. The summed E-state index contributed by atoms with van der Waals surface area (Å²) in [7, 11) is 3.16. The molecule has 0 aliphatic carbocycles. The van der Waals surface area contributed by atoms with E-state index in [9.17, 15) is 5.11 Å². The van der Waals surface area contributed by atoms with Gasteiger partial charge in [0.05, 0.1) is 20.3 Å². The maximum Gasteiger partial charge on any atom is 0.129 e. The van der Waals surface area contributed by atoms with Gasteiger partial charge >= 0.3 is 0 Å². The van der Waals surface area contributed by atoms with Gasteiger partial charge < -0.3 is 19.9 Å². The highest BCUT2D eigenvalue weighted by molar-refractivity contribution is 5.41. The van der Waals surface area contributed by atoms with Crippen LogP contribution in [0.3, 0.4) is 0 Å². The van der Waals surface area contributed by atoms with E-state index < -0.39 is 6.10 Å². The summed E-state index contributed by atoms with van der Waals surface area (Å²) in [5.41, 5.74) is 1.67. The molecule has 2 aromatic rings. The number of methoxy groups -OCH3 is 2. The van der Waals surface area contributed by atoms with Crippen LogP contribution < -0.4 is 14.8 Å². The number of hydrogen-bond donors (Lipinski definition) is 2. The highest BCUT2D eigenvalue weighted by Gasteiger charge is 2.12. The SMILES string of the molecule is COc1cc(OC)cc(C(O)CNc2cc(C(C)C)ncn2)c1. The lowest BCUT2D eigenvalue weighted by Crippen LogP contribution is -2.13. The van der Waals surface area contributed by atoms with Crippen LogP contribution >= 0.6 is 0 Å². The quantitative estimate of drug-likeness (QED) is 0.818. The van der Waals surface area contributed by atoms with Crippen molar-refractivity contribution in [2.75, 3.05) is 26.1 Å². The van der Waals surface area contributed by atoms with Crippen LogP contribution in [-0.4, -0.2) is 35.8 Å². The molecular weight excluding hydrogens is 294 g/mol. The Kier molecular flexibility index (Phi) is 5.76. The van der Waals surface area contributed by atoms with Gasteiger partial charge in [0.25, 0.3) is 0 Å². The van der Waals surface area contributed by atoms with E-state index in [1.807, 2.05) is 6.07 Å². The number of aliphatic hydroxyl groups is 1. The van der Waals surface area contributed by atoms with Crippen molar-refractivity contribution < 1.29 is 14.6 Å². The molecule has 1 unspecified atom stereocenters. The Morgan fingerprint density at radius 2 is 1.70 bits per heavy atom. The minimum absolute atomic E-state index is 0.324. The van der Waals surface area contributed by atoms with Crippen molar-refractivity contribution in [3.63, 3.8) is 0 Å². The lowest BCUT2D eigenvalue weighted by molar-refractivity contribution is 0.190. The van der Waals surface area contributed by atoms with E-state index in [1.165, 1.54) is 6.33 Å². The molecule has 2 rings (SSSR count). The standard InChI is InChI=1S/C17H23N3O3/c1-11(2)15-8-17(20-10-19-15)18-9-16(21)12-5-13(22-3)7-14(6-12)23-4/h5-8,10-11,16,21H,9H2,1-4H3,(H,18,19,20).